The Balaban J connectivity index is 1.85. The average Bonchev–Trinajstić information content (AvgIpc) is 2.54. The summed E-state index contributed by atoms with van der Waals surface area (Å²) >= 11 is 12.3. The SMILES string of the molecule is O=C(C[C@H]1C[C@H](C(=O)O)Nc2cc(Cl)cc(Cl)c21)Nc1ccccc1. The number of fused-ring (bicyclic) bond motifs is 1. The van der Waals surface area contributed by atoms with Crippen molar-refractivity contribution in [1.29, 1.82) is 0 Å². The molecule has 0 fully saturated rings. The first-order chi connectivity index (χ1) is 11.9. The molecule has 0 saturated carbocycles. The maximum atomic E-state index is 12.4. The third-order valence-electron chi connectivity index (χ3n) is 4.14. The molecule has 7 heteroatoms. The van der Waals surface area contributed by atoms with Gasteiger partial charge in [-0.3, -0.25) is 4.79 Å². The van der Waals surface area contributed by atoms with Crippen molar-refractivity contribution < 1.29 is 14.7 Å². The number of halogens is 2. The summed E-state index contributed by atoms with van der Waals surface area (Å²) in [6.07, 6.45) is 0.403. The molecule has 0 radical (unpaired) electrons. The summed E-state index contributed by atoms with van der Waals surface area (Å²) < 4.78 is 0. The van der Waals surface area contributed by atoms with E-state index in [1.165, 1.54) is 0 Å². The molecule has 3 rings (SSSR count). The Bertz CT molecular complexity index is 811. The van der Waals surface area contributed by atoms with Crippen LogP contribution in [0.15, 0.2) is 42.5 Å². The Hall–Kier alpha value is -2.24. The van der Waals surface area contributed by atoms with Gasteiger partial charge in [-0.15, -0.1) is 0 Å². The Morgan fingerprint density at radius 2 is 1.92 bits per heavy atom. The van der Waals surface area contributed by atoms with Gasteiger partial charge in [-0.25, -0.2) is 4.79 Å². The minimum Gasteiger partial charge on any atom is -0.480 e. The van der Waals surface area contributed by atoms with Gasteiger partial charge in [0.1, 0.15) is 6.04 Å². The lowest BCUT2D eigenvalue weighted by Gasteiger charge is -2.31. The molecule has 0 bridgehead atoms. The Labute approximate surface area is 154 Å². The van der Waals surface area contributed by atoms with Crippen LogP contribution in [0.5, 0.6) is 0 Å². The second kappa shape index (κ2) is 7.33. The van der Waals surface area contributed by atoms with E-state index in [9.17, 15) is 14.7 Å². The van der Waals surface area contributed by atoms with Crippen molar-refractivity contribution in [2.75, 3.05) is 10.6 Å². The highest BCUT2D eigenvalue weighted by atomic mass is 35.5. The van der Waals surface area contributed by atoms with Gasteiger partial charge in [0.2, 0.25) is 5.91 Å². The largest absolute Gasteiger partial charge is 0.480 e. The van der Waals surface area contributed by atoms with Crippen LogP contribution in [0.2, 0.25) is 10.0 Å². The predicted octanol–water partition coefficient (Wildman–Crippen LogP) is 4.37. The first-order valence-corrected chi connectivity index (χ1v) is 8.53. The maximum absolute atomic E-state index is 12.4. The molecule has 5 nitrogen and oxygen atoms in total. The van der Waals surface area contributed by atoms with Gasteiger partial charge in [0.25, 0.3) is 0 Å². The van der Waals surface area contributed by atoms with E-state index in [-0.39, 0.29) is 24.7 Å². The van der Waals surface area contributed by atoms with Crippen LogP contribution in [0.25, 0.3) is 0 Å². The highest BCUT2D eigenvalue weighted by molar-refractivity contribution is 6.35. The topological polar surface area (TPSA) is 78.4 Å². The minimum atomic E-state index is -0.977. The molecule has 2 aromatic rings. The van der Waals surface area contributed by atoms with E-state index in [0.717, 1.165) is 5.56 Å². The van der Waals surface area contributed by atoms with Crippen molar-refractivity contribution in [3.05, 3.63) is 58.1 Å². The number of carboxylic acids is 1. The highest BCUT2D eigenvalue weighted by Gasteiger charge is 2.33. The number of anilines is 2. The van der Waals surface area contributed by atoms with Crippen molar-refractivity contribution in [2.45, 2.75) is 24.8 Å². The molecule has 0 unspecified atom stereocenters. The fraction of sp³-hybridized carbons (Fsp3) is 0.222. The first kappa shape index (κ1) is 17.6. The molecule has 2 atom stereocenters. The summed E-state index contributed by atoms with van der Waals surface area (Å²) in [4.78, 5) is 23.8. The molecule has 1 aliphatic rings. The minimum absolute atomic E-state index is 0.134. The molecule has 1 heterocycles. The summed E-state index contributed by atoms with van der Waals surface area (Å²) in [6, 6.07) is 11.6. The number of amides is 1. The average molecular weight is 379 g/mol. The second-order valence-electron chi connectivity index (χ2n) is 5.93. The van der Waals surface area contributed by atoms with Crippen LogP contribution in [-0.2, 0) is 9.59 Å². The van der Waals surface area contributed by atoms with E-state index < -0.39 is 12.0 Å². The molecule has 2 aromatic carbocycles. The van der Waals surface area contributed by atoms with Crippen molar-refractivity contribution in [3.63, 3.8) is 0 Å². The van der Waals surface area contributed by atoms with Crippen LogP contribution in [0.1, 0.15) is 24.3 Å². The molecule has 3 N–H and O–H groups in total. The van der Waals surface area contributed by atoms with E-state index in [4.69, 9.17) is 23.2 Å². The number of hydrogen-bond donors (Lipinski definition) is 3. The van der Waals surface area contributed by atoms with Crippen LogP contribution in [-0.4, -0.2) is 23.0 Å². The maximum Gasteiger partial charge on any atom is 0.326 e. The predicted molar refractivity (Wildman–Crippen MR) is 98.6 cm³/mol. The first-order valence-electron chi connectivity index (χ1n) is 7.77. The second-order valence-corrected chi connectivity index (χ2v) is 6.78. The van der Waals surface area contributed by atoms with Crippen molar-refractivity contribution >= 4 is 46.5 Å². The van der Waals surface area contributed by atoms with Gasteiger partial charge in [-0.05, 0) is 42.2 Å². The fourth-order valence-electron chi connectivity index (χ4n) is 3.07. The Kier molecular flexibility index (Phi) is 5.16. The van der Waals surface area contributed by atoms with Crippen LogP contribution < -0.4 is 10.6 Å². The monoisotopic (exact) mass is 378 g/mol. The number of nitrogens with one attached hydrogen (secondary N) is 2. The zero-order chi connectivity index (χ0) is 18.0. The number of benzene rings is 2. The lowest BCUT2D eigenvalue weighted by molar-refractivity contribution is -0.138. The summed E-state index contributed by atoms with van der Waals surface area (Å²) in [5.41, 5.74) is 1.99. The van der Waals surface area contributed by atoms with Gasteiger partial charge in [0.15, 0.2) is 0 Å². The molecule has 25 heavy (non-hydrogen) atoms. The van der Waals surface area contributed by atoms with Gasteiger partial charge in [-0.2, -0.15) is 0 Å². The van der Waals surface area contributed by atoms with Gasteiger partial charge in [0, 0.05) is 27.8 Å². The zero-order valence-corrected chi connectivity index (χ0v) is 14.6. The molecule has 0 aliphatic carbocycles. The Morgan fingerprint density at radius 1 is 1.20 bits per heavy atom. The van der Waals surface area contributed by atoms with Gasteiger partial charge in [-0.1, -0.05) is 41.4 Å². The van der Waals surface area contributed by atoms with Gasteiger partial charge >= 0.3 is 5.97 Å². The fourth-order valence-corrected chi connectivity index (χ4v) is 3.72. The summed E-state index contributed by atoms with van der Waals surface area (Å²) in [7, 11) is 0. The van der Waals surface area contributed by atoms with E-state index in [1.54, 1.807) is 24.3 Å². The number of para-hydroxylation sites is 1. The quantitative estimate of drug-likeness (QED) is 0.737. The van der Waals surface area contributed by atoms with Crippen LogP contribution in [0, 0.1) is 0 Å². The lowest BCUT2D eigenvalue weighted by Crippen LogP contribution is -2.36. The van der Waals surface area contributed by atoms with Gasteiger partial charge < -0.3 is 15.7 Å². The van der Waals surface area contributed by atoms with E-state index in [0.29, 0.717) is 21.4 Å². The summed E-state index contributed by atoms with van der Waals surface area (Å²) in [5, 5.41) is 15.9. The number of carbonyl (C=O) groups excluding carboxylic acids is 1. The lowest BCUT2D eigenvalue weighted by atomic mass is 9.84. The third-order valence-corrected chi connectivity index (χ3v) is 4.67. The van der Waals surface area contributed by atoms with Gasteiger partial charge in [0.05, 0.1) is 0 Å². The molecular weight excluding hydrogens is 363 g/mol. The standard InChI is InChI=1S/C18H16Cl2N2O3/c19-11-8-13(20)17-10(6-15(18(24)25)22-14(17)9-11)7-16(23)21-12-4-2-1-3-5-12/h1-5,8-10,15,22H,6-7H2,(H,21,23)(H,24,25)/t10-,15-/m1/s1. The van der Waals surface area contributed by atoms with E-state index in [1.807, 2.05) is 18.2 Å². The van der Waals surface area contributed by atoms with Crippen molar-refractivity contribution in [3.8, 4) is 0 Å². The molecule has 0 saturated heterocycles. The number of carbonyl (C=O) groups is 2. The van der Waals surface area contributed by atoms with E-state index in [2.05, 4.69) is 10.6 Å². The molecule has 1 amide bonds. The number of hydrogen-bond acceptors (Lipinski definition) is 3. The van der Waals surface area contributed by atoms with E-state index >= 15 is 0 Å². The smallest absolute Gasteiger partial charge is 0.326 e. The highest BCUT2D eigenvalue weighted by Crippen LogP contribution is 2.42. The Morgan fingerprint density at radius 3 is 2.60 bits per heavy atom. The van der Waals surface area contributed by atoms with Crippen LogP contribution >= 0.6 is 23.2 Å². The number of carboxylic acid groups (broad SMARTS) is 1. The molecule has 1 aliphatic heterocycles. The molecule has 0 aromatic heterocycles. The zero-order valence-electron chi connectivity index (χ0n) is 13.1. The summed E-state index contributed by atoms with van der Waals surface area (Å²) in [6.45, 7) is 0. The molecular formula is C18H16Cl2N2O3. The van der Waals surface area contributed by atoms with Crippen LogP contribution in [0.3, 0.4) is 0 Å². The summed E-state index contributed by atoms with van der Waals surface area (Å²) in [5.74, 6) is -1.49. The number of rotatable bonds is 4. The van der Waals surface area contributed by atoms with Crippen molar-refractivity contribution in [1.82, 2.24) is 0 Å². The normalized spacial score (nSPS) is 18.8. The molecule has 130 valence electrons. The third kappa shape index (κ3) is 4.06. The van der Waals surface area contributed by atoms with Crippen LogP contribution in [0.4, 0.5) is 11.4 Å². The molecule has 0 spiro atoms. The number of aliphatic carboxylic acids is 1. The van der Waals surface area contributed by atoms with Crippen molar-refractivity contribution in [2.24, 2.45) is 0 Å².